The maximum atomic E-state index is 13.5. The monoisotopic (exact) mass is 605 g/mol. The van der Waals surface area contributed by atoms with Crippen molar-refractivity contribution in [3.8, 4) is 5.75 Å². The first kappa shape index (κ1) is 31.3. The number of anilines is 1. The first-order valence-corrected chi connectivity index (χ1v) is 16.0. The SMILES string of the molecule is C[C@@H]1CN([C@@H](C)CO)C(=O)Cc2cc(NC(=O)C3CCCCC3)ccc2O[C@@H]1CN(C)S(=O)(=O)c1ccc(Cl)cc1. The van der Waals surface area contributed by atoms with Gasteiger partial charge in [0, 0.05) is 41.7 Å². The second-order valence-corrected chi connectivity index (χ2v) is 13.8. The van der Waals surface area contributed by atoms with Crippen molar-refractivity contribution in [1.82, 2.24) is 9.21 Å². The Morgan fingerprint density at radius 2 is 1.85 bits per heavy atom. The normalized spacial score (nSPS) is 21.3. The molecule has 3 atom stereocenters. The summed E-state index contributed by atoms with van der Waals surface area (Å²) in [5.41, 5.74) is 1.18. The molecule has 0 aromatic heterocycles. The van der Waals surface area contributed by atoms with E-state index in [1.807, 2.05) is 6.92 Å². The summed E-state index contributed by atoms with van der Waals surface area (Å²) in [6, 6.07) is 10.8. The number of nitrogens with one attached hydrogen (secondary N) is 1. The maximum absolute atomic E-state index is 13.5. The highest BCUT2D eigenvalue weighted by Crippen LogP contribution is 2.31. The lowest BCUT2D eigenvalue weighted by Crippen LogP contribution is -2.48. The van der Waals surface area contributed by atoms with E-state index in [-0.39, 0.29) is 54.7 Å². The molecule has 2 aromatic carbocycles. The van der Waals surface area contributed by atoms with E-state index < -0.39 is 22.2 Å². The Kier molecular flexibility index (Phi) is 10.3. The molecule has 2 N–H and O–H groups in total. The summed E-state index contributed by atoms with van der Waals surface area (Å²) in [4.78, 5) is 28.1. The molecule has 0 saturated heterocycles. The molecule has 2 aromatic rings. The number of aliphatic hydroxyl groups is 1. The van der Waals surface area contributed by atoms with Gasteiger partial charge in [-0.25, -0.2) is 8.42 Å². The number of halogens is 1. The van der Waals surface area contributed by atoms with E-state index in [0.717, 1.165) is 32.1 Å². The van der Waals surface area contributed by atoms with Gasteiger partial charge in [-0.2, -0.15) is 4.31 Å². The summed E-state index contributed by atoms with van der Waals surface area (Å²) in [5, 5.41) is 13.3. The molecule has 11 heteroatoms. The standard InChI is InChI=1S/C30H40ClN3O6S/c1-20-17-34(21(2)19-35)29(36)16-23-15-25(32-30(37)22-7-5-4-6-8-22)11-14-27(23)40-28(20)18-33(3)41(38,39)26-12-9-24(31)10-13-26/h9-15,20-22,28,35H,4-8,16-19H2,1-3H3,(H,32,37)/t20-,21+,28-/m1/s1. The molecular formula is C30H40ClN3O6S. The summed E-state index contributed by atoms with van der Waals surface area (Å²) >= 11 is 5.95. The molecule has 0 bridgehead atoms. The molecule has 224 valence electrons. The predicted octanol–water partition coefficient (Wildman–Crippen LogP) is 4.33. The number of hydrogen-bond donors (Lipinski definition) is 2. The lowest BCUT2D eigenvalue weighted by Gasteiger charge is -2.33. The van der Waals surface area contributed by atoms with Gasteiger partial charge in [-0.1, -0.05) is 37.8 Å². The zero-order chi connectivity index (χ0) is 29.7. The second-order valence-electron chi connectivity index (χ2n) is 11.3. The molecule has 1 aliphatic heterocycles. The minimum atomic E-state index is -3.84. The van der Waals surface area contributed by atoms with Gasteiger partial charge in [0.1, 0.15) is 11.9 Å². The van der Waals surface area contributed by atoms with Crippen molar-refractivity contribution in [3.05, 3.63) is 53.1 Å². The third-order valence-electron chi connectivity index (χ3n) is 8.12. The van der Waals surface area contributed by atoms with E-state index in [1.54, 1.807) is 30.0 Å². The highest BCUT2D eigenvalue weighted by atomic mass is 35.5. The lowest BCUT2D eigenvalue weighted by molar-refractivity contribution is -0.134. The van der Waals surface area contributed by atoms with Crippen LogP contribution in [0.4, 0.5) is 5.69 Å². The number of carbonyl (C=O) groups is 2. The molecule has 9 nitrogen and oxygen atoms in total. The number of nitrogens with zero attached hydrogens (tertiary/aromatic N) is 2. The average Bonchev–Trinajstić information content (AvgIpc) is 3.00. The molecule has 1 heterocycles. The fourth-order valence-corrected chi connectivity index (χ4v) is 6.78. The van der Waals surface area contributed by atoms with Gasteiger partial charge in [0.15, 0.2) is 0 Å². The van der Waals surface area contributed by atoms with Gasteiger partial charge in [-0.05, 0) is 62.2 Å². The topological polar surface area (TPSA) is 116 Å². The predicted molar refractivity (Wildman–Crippen MR) is 158 cm³/mol. The molecule has 1 saturated carbocycles. The Morgan fingerprint density at radius 1 is 1.17 bits per heavy atom. The van der Waals surface area contributed by atoms with Crippen LogP contribution >= 0.6 is 11.6 Å². The Hall–Kier alpha value is -2.66. The molecule has 41 heavy (non-hydrogen) atoms. The van der Waals surface area contributed by atoms with E-state index in [1.165, 1.54) is 35.6 Å². The molecular weight excluding hydrogens is 566 g/mol. The van der Waals surface area contributed by atoms with Crippen molar-refractivity contribution in [3.63, 3.8) is 0 Å². The van der Waals surface area contributed by atoms with E-state index in [9.17, 15) is 23.1 Å². The Morgan fingerprint density at radius 3 is 2.51 bits per heavy atom. The average molecular weight is 606 g/mol. The number of fused-ring (bicyclic) bond motifs is 1. The van der Waals surface area contributed by atoms with Crippen LogP contribution in [0.2, 0.25) is 5.02 Å². The molecule has 0 radical (unpaired) electrons. The summed E-state index contributed by atoms with van der Waals surface area (Å²) in [6.45, 7) is 3.78. The fourth-order valence-electron chi connectivity index (χ4n) is 5.47. The lowest BCUT2D eigenvalue weighted by atomic mass is 9.88. The van der Waals surface area contributed by atoms with Crippen LogP contribution in [0.15, 0.2) is 47.4 Å². The largest absolute Gasteiger partial charge is 0.488 e. The summed E-state index contributed by atoms with van der Waals surface area (Å²) in [6.07, 6.45) is 4.40. The van der Waals surface area contributed by atoms with Gasteiger partial charge in [0.25, 0.3) is 0 Å². The Bertz CT molecular complexity index is 1330. The number of hydrogen-bond acceptors (Lipinski definition) is 6. The van der Waals surface area contributed by atoms with E-state index >= 15 is 0 Å². The number of sulfonamides is 1. The van der Waals surface area contributed by atoms with Crippen LogP contribution in [0.3, 0.4) is 0 Å². The van der Waals surface area contributed by atoms with Crippen molar-refractivity contribution in [2.24, 2.45) is 11.8 Å². The summed E-state index contributed by atoms with van der Waals surface area (Å²) in [7, 11) is -2.34. The minimum Gasteiger partial charge on any atom is -0.488 e. The number of carbonyl (C=O) groups excluding carboxylic acids is 2. The number of rotatable bonds is 8. The highest BCUT2D eigenvalue weighted by molar-refractivity contribution is 7.89. The molecule has 1 fully saturated rings. The zero-order valence-electron chi connectivity index (χ0n) is 23.9. The van der Waals surface area contributed by atoms with Gasteiger partial charge in [-0.3, -0.25) is 9.59 Å². The van der Waals surface area contributed by atoms with Gasteiger partial charge >= 0.3 is 0 Å². The van der Waals surface area contributed by atoms with Gasteiger partial charge in [0.05, 0.1) is 30.5 Å². The Labute approximate surface area is 247 Å². The highest BCUT2D eigenvalue weighted by Gasteiger charge is 2.33. The molecule has 1 aliphatic carbocycles. The van der Waals surface area contributed by atoms with Gasteiger partial charge < -0.3 is 20.1 Å². The van der Waals surface area contributed by atoms with Crippen LogP contribution < -0.4 is 10.1 Å². The van der Waals surface area contributed by atoms with Crippen molar-refractivity contribution >= 4 is 39.1 Å². The number of ether oxygens (including phenoxy) is 1. The van der Waals surface area contributed by atoms with Crippen LogP contribution in [0, 0.1) is 11.8 Å². The third-order valence-corrected chi connectivity index (χ3v) is 10.2. The van der Waals surface area contributed by atoms with Gasteiger partial charge in [-0.15, -0.1) is 0 Å². The number of aliphatic hydroxyl groups excluding tert-OH is 1. The Balaban J connectivity index is 1.62. The minimum absolute atomic E-state index is 0.0175. The van der Waals surface area contributed by atoms with Crippen LogP contribution in [0.5, 0.6) is 5.75 Å². The second kappa shape index (κ2) is 13.5. The van der Waals surface area contributed by atoms with E-state index in [0.29, 0.717) is 22.0 Å². The number of benzene rings is 2. The van der Waals surface area contributed by atoms with Crippen molar-refractivity contribution in [2.75, 3.05) is 32.1 Å². The molecule has 4 rings (SSSR count). The van der Waals surface area contributed by atoms with E-state index in [2.05, 4.69) is 5.32 Å². The van der Waals surface area contributed by atoms with Crippen LogP contribution in [0.25, 0.3) is 0 Å². The molecule has 0 spiro atoms. The number of likely N-dealkylation sites (N-methyl/N-ethyl adjacent to an activating group) is 1. The van der Waals surface area contributed by atoms with Gasteiger partial charge in [0.2, 0.25) is 21.8 Å². The summed E-state index contributed by atoms with van der Waals surface area (Å²) in [5.74, 6) is -0.0250. The smallest absolute Gasteiger partial charge is 0.242 e. The van der Waals surface area contributed by atoms with Crippen LogP contribution in [-0.4, -0.2) is 73.4 Å². The maximum Gasteiger partial charge on any atom is 0.242 e. The molecule has 2 amide bonds. The first-order chi connectivity index (χ1) is 19.5. The van der Waals surface area contributed by atoms with Crippen molar-refractivity contribution in [1.29, 1.82) is 0 Å². The zero-order valence-corrected chi connectivity index (χ0v) is 25.5. The molecule has 0 unspecified atom stereocenters. The van der Waals surface area contributed by atoms with Crippen molar-refractivity contribution in [2.45, 2.75) is 69.4 Å². The molecule has 2 aliphatic rings. The van der Waals surface area contributed by atoms with Crippen LogP contribution in [0.1, 0.15) is 51.5 Å². The quantitative estimate of drug-likeness (QED) is 0.463. The van der Waals surface area contributed by atoms with E-state index in [4.69, 9.17) is 16.3 Å². The van der Waals surface area contributed by atoms with Crippen LogP contribution in [-0.2, 0) is 26.0 Å². The first-order valence-electron chi connectivity index (χ1n) is 14.2. The summed E-state index contributed by atoms with van der Waals surface area (Å²) < 4.78 is 34.4. The third kappa shape index (κ3) is 7.60. The number of amides is 2. The van der Waals surface area contributed by atoms with Crippen molar-refractivity contribution < 1.29 is 27.9 Å². The fraction of sp³-hybridized carbons (Fsp3) is 0.533.